The van der Waals surface area contributed by atoms with Crippen LogP contribution in [0, 0.1) is 6.92 Å². The highest BCUT2D eigenvalue weighted by molar-refractivity contribution is 6.33. The summed E-state index contributed by atoms with van der Waals surface area (Å²) in [4.78, 5) is 17.4. The zero-order chi connectivity index (χ0) is 20.4. The Kier molecular flexibility index (Phi) is 5.60. The average molecular weight is 410 g/mol. The quantitative estimate of drug-likeness (QED) is 0.665. The van der Waals surface area contributed by atoms with Gasteiger partial charge in [0.25, 0.3) is 5.91 Å². The Hall–Kier alpha value is -2.76. The third kappa shape index (κ3) is 4.31. The molecule has 6 heteroatoms. The zero-order valence-electron chi connectivity index (χ0n) is 16.6. The van der Waals surface area contributed by atoms with Crippen molar-refractivity contribution in [1.82, 2.24) is 4.90 Å². The molecule has 0 atom stereocenters. The number of rotatable bonds is 4. The highest BCUT2D eigenvalue weighted by Gasteiger charge is 2.17. The first-order valence-electron chi connectivity index (χ1n) is 9.71. The summed E-state index contributed by atoms with van der Waals surface area (Å²) in [5.74, 6) is 0.540. The van der Waals surface area contributed by atoms with Crippen molar-refractivity contribution in [3.05, 3.63) is 70.9 Å². The first-order valence-corrected chi connectivity index (χ1v) is 10.1. The van der Waals surface area contributed by atoms with Crippen LogP contribution < -0.4 is 10.2 Å². The first-order chi connectivity index (χ1) is 14.0. The second-order valence-electron chi connectivity index (χ2n) is 7.39. The van der Waals surface area contributed by atoms with Crippen LogP contribution in [0.2, 0.25) is 5.02 Å². The summed E-state index contributed by atoms with van der Waals surface area (Å²) in [7, 11) is 2.15. The maximum absolute atomic E-state index is 12.6. The van der Waals surface area contributed by atoms with Crippen LogP contribution in [0.4, 0.5) is 11.4 Å². The van der Waals surface area contributed by atoms with Gasteiger partial charge in [-0.2, -0.15) is 0 Å². The standard InChI is InChI=1S/C23H24ClN3O2/c1-16-15-17(7-8-20(16)27-13-11-26(2)12-14-27)25-23(28)22-10-9-21(29-22)18-5-3-4-6-19(18)24/h3-10,15H,11-14H2,1-2H3,(H,25,28). The van der Waals surface area contributed by atoms with E-state index >= 15 is 0 Å². The number of amides is 1. The number of carbonyl (C=O) groups excluding carboxylic acids is 1. The number of halogens is 1. The molecule has 1 N–H and O–H groups in total. The normalized spacial score (nSPS) is 14.8. The highest BCUT2D eigenvalue weighted by atomic mass is 35.5. The molecule has 1 fully saturated rings. The molecule has 29 heavy (non-hydrogen) atoms. The summed E-state index contributed by atoms with van der Waals surface area (Å²) >= 11 is 6.21. The fourth-order valence-electron chi connectivity index (χ4n) is 3.59. The molecule has 0 aliphatic carbocycles. The lowest BCUT2D eigenvalue weighted by molar-refractivity contribution is 0.0997. The number of likely N-dealkylation sites (N-methyl/N-ethyl adjacent to an activating group) is 1. The number of piperazine rings is 1. The Morgan fingerprint density at radius 2 is 1.79 bits per heavy atom. The van der Waals surface area contributed by atoms with Gasteiger partial charge in [-0.25, -0.2) is 0 Å². The van der Waals surface area contributed by atoms with Crippen LogP contribution in [-0.4, -0.2) is 44.0 Å². The number of carbonyl (C=O) groups is 1. The van der Waals surface area contributed by atoms with Crippen molar-refractivity contribution in [3.8, 4) is 11.3 Å². The van der Waals surface area contributed by atoms with Crippen molar-refractivity contribution < 1.29 is 9.21 Å². The number of anilines is 2. The first kappa shape index (κ1) is 19.6. The van der Waals surface area contributed by atoms with E-state index in [1.165, 1.54) is 5.69 Å². The summed E-state index contributed by atoms with van der Waals surface area (Å²) < 4.78 is 5.73. The van der Waals surface area contributed by atoms with Crippen LogP contribution >= 0.6 is 11.6 Å². The molecule has 2 heterocycles. The van der Waals surface area contributed by atoms with Gasteiger partial charge in [-0.3, -0.25) is 4.79 Å². The van der Waals surface area contributed by atoms with Crippen molar-refractivity contribution in [2.24, 2.45) is 0 Å². The van der Waals surface area contributed by atoms with Gasteiger partial charge in [-0.1, -0.05) is 23.7 Å². The maximum Gasteiger partial charge on any atom is 0.291 e. The summed E-state index contributed by atoms with van der Waals surface area (Å²) in [5, 5.41) is 3.51. The predicted octanol–water partition coefficient (Wildman–Crippen LogP) is 4.91. The molecule has 1 aliphatic rings. The molecule has 1 aromatic heterocycles. The molecule has 0 unspecified atom stereocenters. The molecule has 0 spiro atoms. The van der Waals surface area contributed by atoms with E-state index in [4.69, 9.17) is 16.0 Å². The topological polar surface area (TPSA) is 48.7 Å². The Balaban J connectivity index is 1.46. The van der Waals surface area contributed by atoms with E-state index in [1.54, 1.807) is 18.2 Å². The molecule has 3 aromatic rings. The summed E-state index contributed by atoms with van der Waals surface area (Å²) in [5.41, 5.74) is 3.88. The molecule has 150 valence electrons. The fourth-order valence-corrected chi connectivity index (χ4v) is 3.82. The predicted molar refractivity (Wildman–Crippen MR) is 118 cm³/mol. The number of aryl methyl sites for hydroxylation is 1. The van der Waals surface area contributed by atoms with Gasteiger partial charge in [-0.15, -0.1) is 0 Å². The minimum atomic E-state index is -0.282. The average Bonchev–Trinajstić information content (AvgIpc) is 3.19. The van der Waals surface area contributed by atoms with Crippen molar-refractivity contribution in [2.45, 2.75) is 6.92 Å². The van der Waals surface area contributed by atoms with Gasteiger partial charge in [0.05, 0.1) is 5.02 Å². The van der Waals surface area contributed by atoms with E-state index in [2.05, 4.69) is 35.2 Å². The smallest absolute Gasteiger partial charge is 0.291 e. The van der Waals surface area contributed by atoms with E-state index in [0.29, 0.717) is 10.8 Å². The SMILES string of the molecule is Cc1cc(NC(=O)c2ccc(-c3ccccc3Cl)o2)ccc1N1CCN(C)CC1. The largest absolute Gasteiger partial charge is 0.451 e. The number of nitrogens with one attached hydrogen (secondary N) is 1. The van der Waals surface area contributed by atoms with E-state index in [9.17, 15) is 4.79 Å². The van der Waals surface area contributed by atoms with Crippen LogP contribution in [0.5, 0.6) is 0 Å². The second-order valence-corrected chi connectivity index (χ2v) is 7.80. The van der Waals surface area contributed by atoms with E-state index < -0.39 is 0 Å². The molecule has 5 nitrogen and oxygen atoms in total. The van der Waals surface area contributed by atoms with Gasteiger partial charge in [0.1, 0.15) is 5.76 Å². The Morgan fingerprint density at radius 1 is 1.03 bits per heavy atom. The number of hydrogen-bond donors (Lipinski definition) is 1. The lowest BCUT2D eigenvalue weighted by Gasteiger charge is -2.35. The summed E-state index contributed by atoms with van der Waals surface area (Å²) in [6, 6.07) is 16.8. The van der Waals surface area contributed by atoms with Crippen molar-refractivity contribution >= 4 is 28.9 Å². The van der Waals surface area contributed by atoms with Crippen LogP contribution in [-0.2, 0) is 0 Å². The molecule has 0 saturated carbocycles. The molecular weight excluding hydrogens is 386 g/mol. The number of hydrogen-bond acceptors (Lipinski definition) is 4. The van der Waals surface area contributed by atoms with E-state index in [1.807, 2.05) is 30.3 Å². The molecule has 0 bridgehead atoms. The van der Waals surface area contributed by atoms with E-state index in [-0.39, 0.29) is 11.7 Å². The van der Waals surface area contributed by atoms with E-state index in [0.717, 1.165) is 43.0 Å². The molecule has 4 rings (SSSR count). The van der Waals surface area contributed by atoms with Gasteiger partial charge in [-0.05, 0) is 62.0 Å². The second kappa shape index (κ2) is 8.31. The Labute approximate surface area is 175 Å². The van der Waals surface area contributed by atoms with Gasteiger partial charge in [0, 0.05) is 43.1 Å². The van der Waals surface area contributed by atoms with Gasteiger partial charge in [0.2, 0.25) is 0 Å². The van der Waals surface area contributed by atoms with Gasteiger partial charge < -0.3 is 19.5 Å². The number of nitrogens with zero attached hydrogens (tertiary/aromatic N) is 2. The van der Waals surface area contributed by atoms with Crippen molar-refractivity contribution in [1.29, 1.82) is 0 Å². The Morgan fingerprint density at radius 3 is 2.52 bits per heavy atom. The highest BCUT2D eigenvalue weighted by Crippen LogP contribution is 2.30. The lowest BCUT2D eigenvalue weighted by Crippen LogP contribution is -2.44. The van der Waals surface area contributed by atoms with Crippen LogP contribution in [0.15, 0.2) is 59.0 Å². The summed E-state index contributed by atoms with van der Waals surface area (Å²) in [6.07, 6.45) is 0. The molecular formula is C23H24ClN3O2. The molecule has 0 radical (unpaired) electrons. The third-order valence-electron chi connectivity index (χ3n) is 5.27. The molecule has 1 amide bonds. The Bertz CT molecular complexity index is 1020. The summed E-state index contributed by atoms with van der Waals surface area (Å²) in [6.45, 7) is 6.22. The molecule has 1 saturated heterocycles. The number of furan rings is 1. The lowest BCUT2D eigenvalue weighted by atomic mass is 10.1. The van der Waals surface area contributed by atoms with Crippen LogP contribution in [0.25, 0.3) is 11.3 Å². The minimum Gasteiger partial charge on any atom is -0.451 e. The minimum absolute atomic E-state index is 0.251. The monoisotopic (exact) mass is 409 g/mol. The van der Waals surface area contributed by atoms with Crippen molar-refractivity contribution in [2.75, 3.05) is 43.4 Å². The van der Waals surface area contributed by atoms with Crippen LogP contribution in [0.3, 0.4) is 0 Å². The van der Waals surface area contributed by atoms with Crippen LogP contribution in [0.1, 0.15) is 16.1 Å². The third-order valence-corrected chi connectivity index (χ3v) is 5.60. The zero-order valence-corrected chi connectivity index (χ0v) is 17.4. The number of benzene rings is 2. The van der Waals surface area contributed by atoms with Gasteiger partial charge in [0.15, 0.2) is 5.76 Å². The molecule has 1 aliphatic heterocycles. The maximum atomic E-state index is 12.6. The van der Waals surface area contributed by atoms with Crippen molar-refractivity contribution in [3.63, 3.8) is 0 Å². The molecule has 2 aromatic carbocycles. The van der Waals surface area contributed by atoms with Gasteiger partial charge >= 0.3 is 0 Å². The fraction of sp³-hybridized carbons (Fsp3) is 0.261.